The number of anilines is 1. The fourth-order valence-electron chi connectivity index (χ4n) is 1.46. The zero-order chi connectivity index (χ0) is 14.4. The fraction of sp³-hybridized carbons (Fsp3) is 0.455. The van der Waals surface area contributed by atoms with Crippen molar-refractivity contribution in [3.63, 3.8) is 0 Å². The number of rotatable bonds is 7. The van der Waals surface area contributed by atoms with Crippen LogP contribution in [0.1, 0.15) is 13.3 Å². The third-order valence-corrected chi connectivity index (χ3v) is 3.70. The van der Waals surface area contributed by atoms with Gasteiger partial charge in [0.2, 0.25) is 0 Å². The molecular weight excluding hydrogens is 270 g/mol. The van der Waals surface area contributed by atoms with E-state index in [0.29, 0.717) is 17.5 Å². The number of benzene rings is 1. The van der Waals surface area contributed by atoms with Crippen molar-refractivity contribution >= 4 is 28.8 Å². The average molecular weight is 285 g/mol. The van der Waals surface area contributed by atoms with Gasteiger partial charge < -0.3 is 5.32 Å². The van der Waals surface area contributed by atoms with Gasteiger partial charge in [0, 0.05) is 17.9 Å². The quantitative estimate of drug-likeness (QED) is 0.610. The van der Waals surface area contributed by atoms with Crippen LogP contribution in [0.4, 0.5) is 17.1 Å². The lowest BCUT2D eigenvalue weighted by atomic mass is 10.2. The van der Waals surface area contributed by atoms with Crippen molar-refractivity contribution in [3.05, 3.63) is 38.4 Å². The minimum atomic E-state index is -0.646. The largest absolute Gasteiger partial charge is 0.379 e. The van der Waals surface area contributed by atoms with Gasteiger partial charge in [-0.3, -0.25) is 20.2 Å². The molecule has 0 aliphatic carbocycles. The minimum absolute atomic E-state index is 0.272. The Morgan fingerprint density at radius 1 is 1.32 bits per heavy atom. The molecule has 1 unspecified atom stereocenters. The number of nitro benzene ring substituents is 2. The first-order valence-corrected chi connectivity index (χ1v) is 6.94. The summed E-state index contributed by atoms with van der Waals surface area (Å²) in [6.45, 7) is 2.65. The molecule has 0 spiro atoms. The molecule has 0 bridgehead atoms. The molecule has 0 radical (unpaired) electrons. The van der Waals surface area contributed by atoms with Crippen LogP contribution in [0.2, 0.25) is 0 Å². The number of non-ortho nitro benzene ring substituents is 1. The highest BCUT2D eigenvalue weighted by atomic mass is 32.2. The SMILES string of the molecule is CSC(C)CCNc1ccc([N+](=O)[O-])cc1[N+](=O)[O-]. The summed E-state index contributed by atoms with van der Waals surface area (Å²) in [5.41, 5.74) is -0.246. The van der Waals surface area contributed by atoms with Crippen molar-refractivity contribution < 1.29 is 9.85 Å². The molecule has 1 aromatic carbocycles. The van der Waals surface area contributed by atoms with Gasteiger partial charge in [-0.1, -0.05) is 6.92 Å². The first-order chi connectivity index (χ1) is 8.95. The Hall–Kier alpha value is -1.83. The van der Waals surface area contributed by atoms with Crippen molar-refractivity contribution in [2.24, 2.45) is 0 Å². The molecule has 104 valence electrons. The zero-order valence-electron chi connectivity index (χ0n) is 10.7. The van der Waals surface area contributed by atoms with Crippen LogP contribution in [-0.2, 0) is 0 Å². The monoisotopic (exact) mass is 285 g/mol. The molecule has 0 aromatic heterocycles. The van der Waals surface area contributed by atoms with Crippen LogP contribution in [-0.4, -0.2) is 27.9 Å². The van der Waals surface area contributed by atoms with E-state index < -0.39 is 9.85 Å². The Balaban J connectivity index is 2.82. The Kier molecular flexibility index (Phi) is 5.56. The van der Waals surface area contributed by atoms with E-state index >= 15 is 0 Å². The van der Waals surface area contributed by atoms with E-state index in [1.807, 2.05) is 6.26 Å². The van der Waals surface area contributed by atoms with Gasteiger partial charge >= 0.3 is 0 Å². The highest BCUT2D eigenvalue weighted by molar-refractivity contribution is 7.99. The molecule has 1 rings (SSSR count). The first-order valence-electron chi connectivity index (χ1n) is 5.65. The van der Waals surface area contributed by atoms with Crippen LogP contribution in [0.15, 0.2) is 18.2 Å². The van der Waals surface area contributed by atoms with Gasteiger partial charge in [-0.15, -0.1) is 0 Å². The highest BCUT2D eigenvalue weighted by Crippen LogP contribution is 2.29. The second-order valence-electron chi connectivity index (χ2n) is 3.98. The predicted octanol–water partition coefficient (Wildman–Crippen LogP) is 3.06. The lowest BCUT2D eigenvalue weighted by Crippen LogP contribution is -2.09. The van der Waals surface area contributed by atoms with Crippen LogP contribution in [0.25, 0.3) is 0 Å². The number of nitrogens with zero attached hydrogens (tertiary/aromatic N) is 2. The predicted molar refractivity (Wildman–Crippen MR) is 75.8 cm³/mol. The molecule has 1 N–H and O–H groups in total. The molecule has 0 aliphatic rings. The van der Waals surface area contributed by atoms with Crippen molar-refractivity contribution in [1.82, 2.24) is 0 Å². The van der Waals surface area contributed by atoms with Crippen LogP contribution < -0.4 is 5.32 Å². The first kappa shape index (κ1) is 15.2. The van der Waals surface area contributed by atoms with Gasteiger partial charge in [-0.25, -0.2) is 0 Å². The molecule has 1 atom stereocenters. The molecule has 0 fully saturated rings. The highest BCUT2D eigenvalue weighted by Gasteiger charge is 2.19. The maximum Gasteiger partial charge on any atom is 0.299 e. The second kappa shape index (κ2) is 6.93. The van der Waals surface area contributed by atoms with Crippen molar-refractivity contribution in [2.45, 2.75) is 18.6 Å². The second-order valence-corrected chi connectivity index (χ2v) is 5.25. The number of nitrogens with one attached hydrogen (secondary N) is 1. The Morgan fingerprint density at radius 2 is 2.00 bits per heavy atom. The van der Waals surface area contributed by atoms with E-state index in [1.54, 1.807) is 11.8 Å². The maximum absolute atomic E-state index is 10.9. The smallest absolute Gasteiger partial charge is 0.299 e. The lowest BCUT2D eigenvalue weighted by Gasteiger charge is -2.10. The Labute approximate surface area is 114 Å². The van der Waals surface area contributed by atoms with Gasteiger partial charge in [0.05, 0.1) is 15.9 Å². The summed E-state index contributed by atoms with van der Waals surface area (Å²) in [5, 5.41) is 24.9. The van der Waals surface area contributed by atoms with Crippen LogP contribution >= 0.6 is 11.8 Å². The van der Waals surface area contributed by atoms with Crippen molar-refractivity contribution in [3.8, 4) is 0 Å². The summed E-state index contributed by atoms with van der Waals surface area (Å²) in [6.07, 6.45) is 2.86. The third kappa shape index (κ3) is 4.40. The van der Waals surface area contributed by atoms with E-state index in [4.69, 9.17) is 0 Å². The lowest BCUT2D eigenvalue weighted by molar-refractivity contribution is -0.393. The maximum atomic E-state index is 10.9. The summed E-state index contributed by atoms with van der Waals surface area (Å²) < 4.78 is 0. The van der Waals surface area contributed by atoms with Crippen molar-refractivity contribution in [1.29, 1.82) is 0 Å². The van der Waals surface area contributed by atoms with Gasteiger partial charge in [0.15, 0.2) is 0 Å². The van der Waals surface area contributed by atoms with Gasteiger partial charge in [-0.2, -0.15) is 11.8 Å². The molecule has 0 saturated carbocycles. The summed E-state index contributed by atoms with van der Waals surface area (Å²) in [7, 11) is 0. The van der Waals surface area contributed by atoms with Gasteiger partial charge in [0.1, 0.15) is 5.69 Å². The molecule has 7 nitrogen and oxygen atoms in total. The van der Waals surface area contributed by atoms with Crippen LogP contribution in [0.5, 0.6) is 0 Å². The molecular formula is C11H15N3O4S. The average Bonchev–Trinajstić information content (AvgIpc) is 2.38. The van der Waals surface area contributed by atoms with E-state index in [2.05, 4.69) is 12.2 Å². The van der Waals surface area contributed by atoms with Crippen molar-refractivity contribution in [2.75, 3.05) is 18.1 Å². The Morgan fingerprint density at radius 3 is 2.53 bits per heavy atom. The van der Waals surface area contributed by atoms with Gasteiger partial charge in [0.25, 0.3) is 11.4 Å². The minimum Gasteiger partial charge on any atom is -0.379 e. The molecule has 0 saturated heterocycles. The number of nitro groups is 2. The van der Waals surface area contributed by atoms with E-state index in [9.17, 15) is 20.2 Å². The van der Waals surface area contributed by atoms with Crippen LogP contribution in [0.3, 0.4) is 0 Å². The third-order valence-electron chi connectivity index (χ3n) is 2.66. The molecule has 0 aliphatic heterocycles. The zero-order valence-corrected chi connectivity index (χ0v) is 11.5. The molecule has 19 heavy (non-hydrogen) atoms. The summed E-state index contributed by atoms with van der Waals surface area (Å²) >= 11 is 1.71. The van der Waals surface area contributed by atoms with Gasteiger partial charge in [-0.05, 0) is 18.7 Å². The number of hydrogen-bond donors (Lipinski definition) is 1. The standard InChI is InChI=1S/C11H15N3O4S/c1-8(19-2)5-6-12-10-4-3-9(13(15)16)7-11(10)14(17)18/h3-4,7-8,12H,5-6H2,1-2H3. The van der Waals surface area contributed by atoms with E-state index in [-0.39, 0.29) is 11.4 Å². The molecule has 1 aromatic rings. The van der Waals surface area contributed by atoms with Crippen LogP contribution in [0, 0.1) is 20.2 Å². The summed E-state index contributed by atoms with van der Waals surface area (Å²) in [6, 6.07) is 3.60. The molecule has 0 amide bonds. The molecule has 8 heteroatoms. The number of thioether (sulfide) groups is 1. The normalized spacial score (nSPS) is 11.9. The topological polar surface area (TPSA) is 98.3 Å². The summed E-state index contributed by atoms with van der Waals surface area (Å²) in [5.74, 6) is 0. The Bertz CT molecular complexity index is 481. The molecule has 0 heterocycles. The summed E-state index contributed by atoms with van der Waals surface area (Å²) in [4.78, 5) is 20.2. The fourth-order valence-corrected chi connectivity index (χ4v) is 1.82. The number of hydrogen-bond acceptors (Lipinski definition) is 6. The van der Waals surface area contributed by atoms with E-state index in [1.165, 1.54) is 12.1 Å². The van der Waals surface area contributed by atoms with E-state index in [0.717, 1.165) is 12.5 Å².